The summed E-state index contributed by atoms with van der Waals surface area (Å²) in [6, 6.07) is 4.26. The Labute approximate surface area is 283 Å². The van der Waals surface area contributed by atoms with Gasteiger partial charge in [-0.3, -0.25) is 19.3 Å². The minimum Gasteiger partial charge on any atom is -0.466 e. The van der Waals surface area contributed by atoms with Gasteiger partial charge in [-0.25, -0.2) is 14.0 Å². The van der Waals surface area contributed by atoms with E-state index in [0.717, 1.165) is 24.8 Å². The number of carbonyl (C=O) groups is 5. The third-order valence-corrected chi connectivity index (χ3v) is 7.89. The van der Waals surface area contributed by atoms with Gasteiger partial charge in [-0.15, -0.1) is 0 Å². The van der Waals surface area contributed by atoms with E-state index in [1.807, 2.05) is 6.92 Å². The van der Waals surface area contributed by atoms with Gasteiger partial charge in [-0.1, -0.05) is 44.1 Å². The number of hydrogen-bond donors (Lipinski definition) is 3. The maximum Gasteiger partial charge on any atom is 0.408 e. The molecule has 2 heterocycles. The van der Waals surface area contributed by atoms with Crippen molar-refractivity contribution in [3.8, 4) is 0 Å². The highest BCUT2D eigenvalue weighted by atomic mass is 19.1. The normalized spacial score (nSPS) is 19.3. The summed E-state index contributed by atoms with van der Waals surface area (Å²) in [4.78, 5) is 59.7. The lowest BCUT2D eigenvalue weighted by molar-refractivity contribution is -0.144. The van der Waals surface area contributed by atoms with Crippen LogP contribution in [0.2, 0.25) is 0 Å². The van der Waals surface area contributed by atoms with E-state index >= 15 is 0 Å². The predicted molar refractivity (Wildman–Crippen MR) is 178 cm³/mol. The summed E-state index contributed by atoms with van der Waals surface area (Å²) < 4.78 is 23.1. The maximum absolute atomic E-state index is 13.1. The van der Waals surface area contributed by atoms with Gasteiger partial charge in [-0.2, -0.15) is 0 Å². The number of carboxylic acid groups (broad SMARTS) is 1. The van der Waals surface area contributed by atoms with Gasteiger partial charge in [0.15, 0.2) is 0 Å². The second-order valence-corrected chi connectivity index (χ2v) is 12.9. The van der Waals surface area contributed by atoms with Gasteiger partial charge in [0.25, 0.3) is 0 Å². The number of unbranched alkanes of at least 4 members (excludes halogenated alkanes) is 3. The Kier molecular flexibility index (Phi) is 16.3. The zero-order chi connectivity index (χ0) is 35.9. The number of benzene rings is 1. The molecule has 4 amide bonds. The SMILES string of the molecule is CCCCC/C=C\C1C[C@@H]1C(=O)OCC.CNC(=O)[C@@H]1CCCN1C(=O)CNC(=O)OC(C)(C)C.O=C(O)N1Cc2cccc(F)c2C1. The van der Waals surface area contributed by atoms with E-state index in [9.17, 15) is 28.4 Å². The van der Waals surface area contributed by atoms with Crippen molar-refractivity contribution in [3.05, 3.63) is 47.3 Å². The molecule has 2 fully saturated rings. The van der Waals surface area contributed by atoms with Crippen LogP contribution in [-0.4, -0.2) is 83.3 Å². The Morgan fingerprint density at radius 1 is 1.10 bits per heavy atom. The first-order valence-electron chi connectivity index (χ1n) is 16.8. The van der Waals surface area contributed by atoms with E-state index in [-0.39, 0.29) is 42.6 Å². The zero-order valence-corrected chi connectivity index (χ0v) is 29.2. The average Bonchev–Trinajstić information content (AvgIpc) is 3.40. The lowest BCUT2D eigenvalue weighted by Crippen LogP contribution is -2.48. The summed E-state index contributed by atoms with van der Waals surface area (Å²) in [5.74, 6) is -0.157. The maximum atomic E-state index is 13.1. The van der Waals surface area contributed by atoms with Crippen molar-refractivity contribution in [1.82, 2.24) is 20.4 Å². The molecular formula is C35H53FN4O8. The number of esters is 1. The monoisotopic (exact) mass is 676 g/mol. The third-order valence-electron chi connectivity index (χ3n) is 7.89. The van der Waals surface area contributed by atoms with E-state index < -0.39 is 23.8 Å². The molecule has 2 aliphatic heterocycles. The van der Waals surface area contributed by atoms with Crippen LogP contribution in [0.5, 0.6) is 0 Å². The molecule has 3 atom stereocenters. The van der Waals surface area contributed by atoms with E-state index in [4.69, 9.17) is 14.6 Å². The fourth-order valence-corrected chi connectivity index (χ4v) is 5.31. The molecule has 12 nitrogen and oxygen atoms in total. The molecule has 1 aromatic carbocycles. The van der Waals surface area contributed by atoms with Gasteiger partial charge < -0.3 is 30.1 Å². The Bertz CT molecular complexity index is 1280. The summed E-state index contributed by atoms with van der Waals surface area (Å²) in [6.07, 6.45) is 10.2. The highest BCUT2D eigenvalue weighted by molar-refractivity contribution is 5.89. The molecule has 0 radical (unpaired) electrons. The van der Waals surface area contributed by atoms with Crippen LogP contribution in [-0.2, 0) is 36.9 Å². The molecule has 3 aliphatic rings. The van der Waals surface area contributed by atoms with Crippen molar-refractivity contribution in [2.75, 3.05) is 26.7 Å². The number of likely N-dealkylation sites (tertiary alicyclic amines) is 1. The van der Waals surface area contributed by atoms with Crippen LogP contribution >= 0.6 is 0 Å². The summed E-state index contributed by atoms with van der Waals surface area (Å²) in [6.45, 7) is 10.6. The minimum absolute atomic E-state index is 0.0132. The second kappa shape index (κ2) is 19.6. The molecule has 1 aromatic rings. The van der Waals surface area contributed by atoms with Gasteiger partial charge in [-0.05, 0) is 77.3 Å². The van der Waals surface area contributed by atoms with Crippen LogP contribution in [0.4, 0.5) is 14.0 Å². The third kappa shape index (κ3) is 13.5. The number of alkyl carbamates (subject to hydrolysis) is 1. The number of hydrogen-bond acceptors (Lipinski definition) is 7. The van der Waals surface area contributed by atoms with E-state index in [1.165, 1.54) is 35.1 Å². The summed E-state index contributed by atoms with van der Waals surface area (Å²) in [7, 11) is 1.54. The van der Waals surface area contributed by atoms with Crippen LogP contribution in [0, 0.1) is 17.7 Å². The average molecular weight is 677 g/mol. The number of ether oxygens (including phenoxy) is 2. The standard InChI is InChI=1S/C13H23N3O4.C13H22O2.C9H8FNO2/c1-13(2,3)20-12(19)15-8-10(17)16-7-5-6-9(16)11(18)14-4;1-3-5-6-7-8-9-11-10-12(11)13(14)15-4-2;10-8-3-1-2-6-4-11(9(12)13)5-7(6)8/h9H,5-8H2,1-4H3,(H,14,18)(H,15,19);8-9,11-12H,3-7,10H2,1-2H3;1-3H,4-5H2,(H,12,13)/b;9-8-;/t9-;11?,12-;/m00./s1. The largest absolute Gasteiger partial charge is 0.466 e. The summed E-state index contributed by atoms with van der Waals surface area (Å²) in [5, 5.41) is 13.6. The predicted octanol–water partition coefficient (Wildman–Crippen LogP) is 5.39. The number of nitrogens with one attached hydrogen (secondary N) is 2. The number of rotatable bonds is 10. The zero-order valence-electron chi connectivity index (χ0n) is 29.2. The molecule has 1 saturated carbocycles. The minimum atomic E-state index is -1.00. The fraction of sp³-hybridized carbons (Fsp3) is 0.629. The summed E-state index contributed by atoms with van der Waals surface area (Å²) >= 11 is 0. The summed E-state index contributed by atoms with van der Waals surface area (Å²) in [5.41, 5.74) is 0.665. The number of halogens is 1. The van der Waals surface area contributed by atoms with Crippen LogP contribution < -0.4 is 10.6 Å². The number of allylic oxidation sites excluding steroid dienone is 2. The van der Waals surface area contributed by atoms with Crippen molar-refractivity contribution in [1.29, 1.82) is 0 Å². The second-order valence-electron chi connectivity index (χ2n) is 12.9. The molecule has 4 rings (SSSR count). The Morgan fingerprint density at radius 3 is 2.44 bits per heavy atom. The number of likely N-dealkylation sites (N-methyl/N-ethyl adjacent to an activating group) is 1. The van der Waals surface area contributed by atoms with Crippen LogP contribution in [0.3, 0.4) is 0 Å². The number of amides is 4. The topological polar surface area (TPSA) is 155 Å². The van der Waals surface area contributed by atoms with Gasteiger partial charge in [0.1, 0.15) is 24.0 Å². The fourth-order valence-electron chi connectivity index (χ4n) is 5.31. The quantitative estimate of drug-likeness (QED) is 0.169. The van der Waals surface area contributed by atoms with E-state index in [0.29, 0.717) is 37.6 Å². The van der Waals surface area contributed by atoms with Crippen molar-refractivity contribution < 1.29 is 42.9 Å². The van der Waals surface area contributed by atoms with Crippen molar-refractivity contribution in [2.24, 2.45) is 11.8 Å². The highest BCUT2D eigenvalue weighted by Crippen LogP contribution is 2.40. The molecule has 0 bridgehead atoms. The molecule has 1 aliphatic carbocycles. The van der Waals surface area contributed by atoms with Crippen molar-refractivity contribution >= 4 is 30.0 Å². The molecule has 0 aromatic heterocycles. The van der Waals surface area contributed by atoms with E-state index in [2.05, 4.69) is 29.7 Å². The molecule has 1 saturated heterocycles. The molecule has 0 spiro atoms. The van der Waals surface area contributed by atoms with Crippen LogP contribution in [0.15, 0.2) is 30.4 Å². The smallest absolute Gasteiger partial charge is 0.408 e. The first-order valence-corrected chi connectivity index (χ1v) is 16.8. The van der Waals surface area contributed by atoms with Crippen LogP contribution in [0.1, 0.15) is 90.7 Å². The highest BCUT2D eigenvalue weighted by Gasteiger charge is 2.42. The van der Waals surface area contributed by atoms with E-state index in [1.54, 1.807) is 40.0 Å². The van der Waals surface area contributed by atoms with Gasteiger partial charge >= 0.3 is 18.2 Å². The number of fused-ring (bicyclic) bond motifs is 1. The molecule has 48 heavy (non-hydrogen) atoms. The Hall–Kier alpha value is -4.16. The lowest BCUT2D eigenvalue weighted by Gasteiger charge is -2.24. The number of nitrogens with zero attached hydrogens (tertiary/aromatic N) is 2. The van der Waals surface area contributed by atoms with Gasteiger partial charge in [0.2, 0.25) is 11.8 Å². The van der Waals surface area contributed by atoms with Crippen molar-refractivity contribution in [2.45, 2.75) is 104 Å². The lowest BCUT2D eigenvalue weighted by atomic mass is 10.1. The molecule has 3 N–H and O–H groups in total. The molecule has 268 valence electrons. The molecule has 13 heteroatoms. The van der Waals surface area contributed by atoms with Gasteiger partial charge in [0, 0.05) is 25.7 Å². The van der Waals surface area contributed by atoms with Crippen LogP contribution in [0.25, 0.3) is 0 Å². The first-order chi connectivity index (χ1) is 22.7. The Morgan fingerprint density at radius 2 is 1.83 bits per heavy atom. The number of carbonyl (C=O) groups excluding carboxylic acids is 4. The first kappa shape index (κ1) is 40.0. The molecule has 1 unspecified atom stereocenters. The Balaban J connectivity index is 0.000000256. The molecular weight excluding hydrogens is 623 g/mol. The van der Waals surface area contributed by atoms with Crippen molar-refractivity contribution in [3.63, 3.8) is 0 Å². The van der Waals surface area contributed by atoms with Gasteiger partial charge in [0.05, 0.1) is 19.1 Å².